The van der Waals surface area contributed by atoms with Gasteiger partial charge in [-0.25, -0.2) is 4.98 Å². The van der Waals surface area contributed by atoms with Gasteiger partial charge in [0.15, 0.2) is 0 Å². The van der Waals surface area contributed by atoms with Crippen molar-refractivity contribution >= 4 is 27.5 Å². The zero-order valence-corrected chi connectivity index (χ0v) is 11.6. The molecular weight excluding hydrogens is 258 g/mol. The Balaban J connectivity index is 1.54. The average molecular weight is 275 g/mol. The molecule has 0 unspecified atom stereocenters. The van der Waals surface area contributed by atoms with E-state index in [4.69, 9.17) is 4.74 Å². The van der Waals surface area contributed by atoms with Crippen LogP contribution in [-0.2, 0) is 16.1 Å². The van der Waals surface area contributed by atoms with Gasteiger partial charge in [0.25, 0.3) is 0 Å². The largest absolute Gasteiger partial charge is 0.458 e. The molecule has 1 saturated carbocycles. The summed E-state index contributed by atoms with van der Waals surface area (Å²) < 4.78 is 6.47. The first kappa shape index (κ1) is 12.6. The predicted molar refractivity (Wildman–Crippen MR) is 76.0 cm³/mol. The van der Waals surface area contributed by atoms with Crippen molar-refractivity contribution in [2.24, 2.45) is 5.92 Å². The van der Waals surface area contributed by atoms with E-state index >= 15 is 0 Å². The van der Waals surface area contributed by atoms with Crippen LogP contribution in [0.4, 0.5) is 0 Å². The molecule has 0 N–H and O–H groups in total. The van der Waals surface area contributed by atoms with E-state index in [-0.39, 0.29) is 5.97 Å². The van der Waals surface area contributed by atoms with Gasteiger partial charge in [0, 0.05) is 6.42 Å². The first-order valence-corrected chi connectivity index (χ1v) is 7.63. The molecule has 1 aliphatic rings. The monoisotopic (exact) mass is 275 g/mol. The Morgan fingerprint density at radius 2 is 2.11 bits per heavy atom. The minimum Gasteiger partial charge on any atom is -0.458 e. The maximum atomic E-state index is 11.7. The number of rotatable bonds is 4. The maximum absolute atomic E-state index is 11.7. The van der Waals surface area contributed by atoms with Crippen molar-refractivity contribution in [1.29, 1.82) is 0 Å². The second-order valence-corrected chi connectivity index (χ2v) is 6.21. The van der Waals surface area contributed by atoms with Crippen LogP contribution in [-0.4, -0.2) is 11.0 Å². The number of aromatic nitrogens is 1. The quantitative estimate of drug-likeness (QED) is 0.794. The molecule has 0 saturated heterocycles. The van der Waals surface area contributed by atoms with Gasteiger partial charge in [-0.3, -0.25) is 4.79 Å². The molecule has 0 bridgehead atoms. The third kappa shape index (κ3) is 3.13. The molecule has 1 aromatic carbocycles. The van der Waals surface area contributed by atoms with Gasteiger partial charge in [-0.1, -0.05) is 25.0 Å². The number of carbonyl (C=O) groups is 1. The molecule has 0 radical (unpaired) electrons. The number of nitrogens with zero attached hydrogens (tertiary/aromatic N) is 1. The Kier molecular flexibility index (Phi) is 3.78. The van der Waals surface area contributed by atoms with E-state index in [1.807, 2.05) is 24.3 Å². The fourth-order valence-corrected chi connectivity index (χ4v) is 3.51. The lowest BCUT2D eigenvalue weighted by molar-refractivity contribution is -0.146. The number of ether oxygens (including phenoxy) is 1. The van der Waals surface area contributed by atoms with Gasteiger partial charge in [0.2, 0.25) is 0 Å². The molecule has 4 heteroatoms. The van der Waals surface area contributed by atoms with Gasteiger partial charge in [0.1, 0.15) is 11.6 Å². The Morgan fingerprint density at radius 1 is 1.32 bits per heavy atom. The molecule has 3 nitrogen and oxygen atoms in total. The highest BCUT2D eigenvalue weighted by atomic mass is 32.1. The van der Waals surface area contributed by atoms with Crippen LogP contribution in [0.1, 0.15) is 37.1 Å². The molecule has 1 aromatic heterocycles. The summed E-state index contributed by atoms with van der Waals surface area (Å²) in [5, 5.41) is 0.876. The summed E-state index contributed by atoms with van der Waals surface area (Å²) in [6.07, 6.45) is 5.45. The van der Waals surface area contributed by atoms with Crippen molar-refractivity contribution in [3.8, 4) is 0 Å². The summed E-state index contributed by atoms with van der Waals surface area (Å²) in [6.45, 7) is 0.310. The van der Waals surface area contributed by atoms with Crippen LogP contribution in [0, 0.1) is 5.92 Å². The molecular formula is C15H17NO2S. The highest BCUT2D eigenvalue weighted by Crippen LogP contribution is 2.28. The summed E-state index contributed by atoms with van der Waals surface area (Å²) in [5.74, 6) is 0.467. The van der Waals surface area contributed by atoms with Crippen molar-refractivity contribution in [3.05, 3.63) is 29.3 Å². The van der Waals surface area contributed by atoms with Crippen LogP contribution in [0.15, 0.2) is 24.3 Å². The smallest absolute Gasteiger partial charge is 0.306 e. The van der Waals surface area contributed by atoms with E-state index in [9.17, 15) is 4.79 Å². The van der Waals surface area contributed by atoms with Crippen LogP contribution in [0.2, 0.25) is 0 Å². The van der Waals surface area contributed by atoms with Gasteiger partial charge >= 0.3 is 5.97 Å². The minimum atomic E-state index is -0.0776. The molecule has 3 rings (SSSR count). The fraction of sp³-hybridized carbons (Fsp3) is 0.467. The number of thiazole rings is 1. The highest BCUT2D eigenvalue weighted by molar-refractivity contribution is 7.18. The Morgan fingerprint density at radius 3 is 2.89 bits per heavy atom. The molecule has 1 aliphatic carbocycles. The standard InChI is InChI=1S/C15H17NO2S/c17-15(9-11-5-1-2-6-11)18-10-14-16-12-7-3-4-8-13(12)19-14/h3-4,7-8,11H,1-2,5-6,9-10H2. The molecule has 0 atom stereocenters. The molecule has 1 fully saturated rings. The number of hydrogen-bond acceptors (Lipinski definition) is 4. The SMILES string of the molecule is O=C(CC1CCCC1)OCc1nc2ccccc2s1. The van der Waals surface area contributed by atoms with Gasteiger partial charge in [-0.2, -0.15) is 0 Å². The lowest BCUT2D eigenvalue weighted by atomic mass is 10.1. The van der Waals surface area contributed by atoms with Gasteiger partial charge in [-0.15, -0.1) is 11.3 Å². The lowest BCUT2D eigenvalue weighted by Crippen LogP contribution is -2.09. The van der Waals surface area contributed by atoms with E-state index < -0.39 is 0 Å². The zero-order valence-electron chi connectivity index (χ0n) is 10.8. The van der Waals surface area contributed by atoms with Crippen molar-refractivity contribution in [1.82, 2.24) is 4.98 Å². The molecule has 19 heavy (non-hydrogen) atoms. The van der Waals surface area contributed by atoms with Crippen LogP contribution in [0.25, 0.3) is 10.2 Å². The van der Waals surface area contributed by atoms with E-state index in [1.54, 1.807) is 11.3 Å². The second-order valence-electron chi connectivity index (χ2n) is 5.09. The van der Waals surface area contributed by atoms with Crippen LogP contribution in [0.5, 0.6) is 0 Å². The molecule has 0 amide bonds. The maximum Gasteiger partial charge on any atom is 0.306 e. The topological polar surface area (TPSA) is 39.2 Å². The van der Waals surface area contributed by atoms with Gasteiger partial charge in [-0.05, 0) is 30.9 Å². The van der Waals surface area contributed by atoms with Crippen LogP contribution >= 0.6 is 11.3 Å². The molecule has 100 valence electrons. The van der Waals surface area contributed by atoms with Gasteiger partial charge < -0.3 is 4.74 Å². The van der Waals surface area contributed by atoms with Crippen molar-refractivity contribution in [2.75, 3.05) is 0 Å². The van der Waals surface area contributed by atoms with E-state index in [0.717, 1.165) is 15.2 Å². The normalized spacial score (nSPS) is 16.0. The van der Waals surface area contributed by atoms with Crippen molar-refractivity contribution < 1.29 is 9.53 Å². The van der Waals surface area contributed by atoms with E-state index in [0.29, 0.717) is 18.9 Å². The van der Waals surface area contributed by atoms with Crippen molar-refractivity contribution in [2.45, 2.75) is 38.7 Å². The van der Waals surface area contributed by atoms with Crippen LogP contribution in [0.3, 0.4) is 0 Å². The Bertz CT molecular complexity index is 539. The number of carbonyl (C=O) groups excluding carboxylic acids is 1. The van der Waals surface area contributed by atoms with Gasteiger partial charge in [0.05, 0.1) is 10.2 Å². The molecule has 0 spiro atoms. The zero-order chi connectivity index (χ0) is 13.1. The summed E-state index contributed by atoms with van der Waals surface area (Å²) >= 11 is 1.59. The Labute approximate surface area is 116 Å². The fourth-order valence-electron chi connectivity index (χ4n) is 2.63. The van der Waals surface area contributed by atoms with Crippen molar-refractivity contribution in [3.63, 3.8) is 0 Å². The van der Waals surface area contributed by atoms with E-state index in [2.05, 4.69) is 4.98 Å². The predicted octanol–water partition coefficient (Wildman–Crippen LogP) is 3.92. The number of benzene rings is 1. The first-order chi connectivity index (χ1) is 9.31. The minimum absolute atomic E-state index is 0.0776. The molecule has 1 heterocycles. The lowest BCUT2D eigenvalue weighted by Gasteiger charge is -2.07. The Hall–Kier alpha value is -1.42. The second kappa shape index (κ2) is 5.70. The van der Waals surface area contributed by atoms with E-state index in [1.165, 1.54) is 25.7 Å². The number of para-hydroxylation sites is 1. The molecule has 0 aliphatic heterocycles. The number of esters is 1. The number of fused-ring (bicyclic) bond motifs is 1. The summed E-state index contributed by atoms with van der Waals surface area (Å²) in [7, 11) is 0. The summed E-state index contributed by atoms with van der Waals surface area (Å²) in [5.41, 5.74) is 0.981. The number of hydrogen-bond donors (Lipinski definition) is 0. The van der Waals surface area contributed by atoms with Crippen LogP contribution < -0.4 is 0 Å². The third-order valence-corrected chi connectivity index (χ3v) is 4.63. The molecule has 2 aromatic rings. The third-order valence-electron chi connectivity index (χ3n) is 3.62. The summed E-state index contributed by atoms with van der Waals surface area (Å²) in [4.78, 5) is 16.2. The first-order valence-electron chi connectivity index (χ1n) is 6.81. The highest BCUT2D eigenvalue weighted by Gasteiger charge is 2.19. The summed E-state index contributed by atoms with van der Waals surface area (Å²) in [6, 6.07) is 7.99. The average Bonchev–Trinajstić information content (AvgIpc) is 3.04.